The lowest BCUT2D eigenvalue weighted by atomic mass is 10.0. The summed E-state index contributed by atoms with van der Waals surface area (Å²) in [5, 5.41) is 3.52. The van der Waals surface area contributed by atoms with Gasteiger partial charge >= 0.3 is 0 Å². The van der Waals surface area contributed by atoms with Crippen LogP contribution in [0.3, 0.4) is 0 Å². The molecule has 1 N–H and O–H groups in total. The van der Waals surface area contributed by atoms with Crippen LogP contribution >= 0.6 is 11.6 Å². The van der Waals surface area contributed by atoms with Gasteiger partial charge < -0.3 is 10.2 Å². The summed E-state index contributed by atoms with van der Waals surface area (Å²) in [4.78, 5) is 28.7. The Morgan fingerprint density at radius 2 is 1.64 bits per heavy atom. The van der Waals surface area contributed by atoms with Gasteiger partial charge in [0.2, 0.25) is 11.8 Å². The van der Waals surface area contributed by atoms with Gasteiger partial charge in [-0.2, -0.15) is 0 Å². The predicted molar refractivity (Wildman–Crippen MR) is 111 cm³/mol. The minimum absolute atomic E-state index is 0.0630. The number of hydrogen-bond donors (Lipinski definition) is 1. The highest BCUT2D eigenvalue weighted by Gasteiger charge is 2.24. The highest BCUT2D eigenvalue weighted by atomic mass is 35.5. The topological polar surface area (TPSA) is 52.7 Å². The Morgan fingerprint density at radius 3 is 2.25 bits per heavy atom. The number of piperazine rings is 1. The van der Waals surface area contributed by atoms with Crippen LogP contribution in [0.15, 0.2) is 54.6 Å². The second-order valence-corrected chi connectivity index (χ2v) is 7.59. The van der Waals surface area contributed by atoms with Gasteiger partial charge in [-0.05, 0) is 23.3 Å². The molecule has 1 heterocycles. The van der Waals surface area contributed by atoms with Crippen LogP contribution in [-0.2, 0) is 16.1 Å². The second-order valence-electron chi connectivity index (χ2n) is 7.15. The van der Waals surface area contributed by atoms with Crippen molar-refractivity contribution in [2.75, 3.05) is 26.2 Å². The summed E-state index contributed by atoms with van der Waals surface area (Å²) in [5.74, 6) is -0.0894. The Hall–Kier alpha value is -2.37. The van der Waals surface area contributed by atoms with Crippen molar-refractivity contribution in [3.05, 3.63) is 70.7 Å². The number of carbonyl (C=O) groups excluding carboxylic acids is 2. The summed E-state index contributed by atoms with van der Waals surface area (Å²) in [6.07, 6.45) is 0.250. The Labute approximate surface area is 171 Å². The Kier molecular flexibility index (Phi) is 7.06. The van der Waals surface area contributed by atoms with E-state index in [9.17, 15) is 9.59 Å². The maximum atomic E-state index is 12.8. The molecule has 0 aromatic heterocycles. The molecule has 2 aromatic rings. The lowest BCUT2D eigenvalue weighted by Gasteiger charge is -2.35. The van der Waals surface area contributed by atoms with Gasteiger partial charge in [0.1, 0.15) is 0 Å². The molecule has 1 fully saturated rings. The van der Waals surface area contributed by atoms with Gasteiger partial charge in [-0.3, -0.25) is 14.5 Å². The average Bonchev–Trinajstić information content (AvgIpc) is 2.69. The predicted octanol–water partition coefficient (Wildman–Crippen LogP) is 3.25. The van der Waals surface area contributed by atoms with Crippen molar-refractivity contribution in [2.45, 2.75) is 25.9 Å². The molecule has 0 bridgehead atoms. The molecule has 6 heteroatoms. The van der Waals surface area contributed by atoms with E-state index in [4.69, 9.17) is 11.6 Å². The van der Waals surface area contributed by atoms with E-state index >= 15 is 0 Å². The van der Waals surface area contributed by atoms with Crippen LogP contribution in [0.2, 0.25) is 5.02 Å². The molecule has 0 aliphatic carbocycles. The Morgan fingerprint density at radius 1 is 1.00 bits per heavy atom. The number of rotatable bonds is 6. The van der Waals surface area contributed by atoms with E-state index in [0.29, 0.717) is 18.1 Å². The van der Waals surface area contributed by atoms with Crippen molar-refractivity contribution < 1.29 is 9.59 Å². The highest BCUT2D eigenvalue weighted by Crippen LogP contribution is 2.21. The fourth-order valence-electron chi connectivity index (χ4n) is 3.49. The Balaban J connectivity index is 1.55. The summed E-state index contributed by atoms with van der Waals surface area (Å²) in [6.45, 7) is 5.49. The van der Waals surface area contributed by atoms with Crippen LogP contribution in [0, 0.1) is 0 Å². The zero-order valence-electron chi connectivity index (χ0n) is 16.1. The fourth-order valence-corrected chi connectivity index (χ4v) is 3.62. The molecular formula is C22H26ClN3O2. The van der Waals surface area contributed by atoms with Crippen molar-refractivity contribution in [3.63, 3.8) is 0 Å². The number of nitrogens with one attached hydrogen (secondary N) is 1. The maximum absolute atomic E-state index is 12.8. The first-order valence-electron chi connectivity index (χ1n) is 9.58. The second kappa shape index (κ2) is 9.71. The van der Waals surface area contributed by atoms with E-state index in [2.05, 4.69) is 22.3 Å². The van der Waals surface area contributed by atoms with Crippen molar-refractivity contribution in [3.8, 4) is 0 Å². The quantitative estimate of drug-likeness (QED) is 0.811. The molecule has 0 saturated carbocycles. The van der Waals surface area contributed by atoms with Gasteiger partial charge in [0, 0.05) is 44.7 Å². The molecule has 5 nitrogen and oxygen atoms in total. The lowest BCUT2D eigenvalue weighted by Crippen LogP contribution is -2.49. The van der Waals surface area contributed by atoms with E-state index in [1.807, 2.05) is 35.2 Å². The third-order valence-electron chi connectivity index (χ3n) is 5.00. The smallest absolute Gasteiger partial charge is 0.225 e. The van der Waals surface area contributed by atoms with Crippen molar-refractivity contribution >= 4 is 23.4 Å². The largest absolute Gasteiger partial charge is 0.349 e. The maximum Gasteiger partial charge on any atom is 0.225 e. The number of halogens is 1. The van der Waals surface area contributed by atoms with Gasteiger partial charge in [-0.1, -0.05) is 54.1 Å². The number of hydrogen-bond acceptors (Lipinski definition) is 3. The van der Waals surface area contributed by atoms with Crippen LogP contribution in [0.4, 0.5) is 0 Å². The van der Waals surface area contributed by atoms with E-state index in [0.717, 1.165) is 25.2 Å². The average molecular weight is 400 g/mol. The first-order chi connectivity index (χ1) is 13.5. The van der Waals surface area contributed by atoms with E-state index < -0.39 is 0 Å². The molecule has 148 valence electrons. The minimum Gasteiger partial charge on any atom is -0.349 e. The molecule has 2 aromatic carbocycles. The van der Waals surface area contributed by atoms with E-state index in [1.165, 1.54) is 12.5 Å². The van der Waals surface area contributed by atoms with E-state index in [-0.39, 0.29) is 24.3 Å². The molecule has 2 amide bonds. The van der Waals surface area contributed by atoms with Crippen molar-refractivity contribution in [1.82, 2.24) is 15.1 Å². The molecule has 1 aliphatic heterocycles. The zero-order valence-corrected chi connectivity index (χ0v) is 16.9. The molecular weight excluding hydrogens is 374 g/mol. The summed E-state index contributed by atoms with van der Waals surface area (Å²) in [5.41, 5.74) is 2.17. The summed E-state index contributed by atoms with van der Waals surface area (Å²) in [7, 11) is 0. The molecule has 1 atom stereocenters. The normalized spacial score (nSPS) is 15.9. The summed E-state index contributed by atoms with van der Waals surface area (Å²) in [6, 6.07) is 17.3. The van der Waals surface area contributed by atoms with E-state index in [1.54, 1.807) is 12.1 Å². The standard InChI is InChI=1S/C22H26ClN3O2/c1-17(27)24-21(19-7-9-20(23)10-8-19)15-22(28)26-13-11-25(12-14-26)16-18-5-3-2-4-6-18/h2-10,21H,11-16H2,1H3,(H,24,27). The van der Waals surface area contributed by atoms with Crippen LogP contribution < -0.4 is 5.32 Å². The van der Waals surface area contributed by atoms with Crippen LogP contribution in [0.25, 0.3) is 0 Å². The minimum atomic E-state index is -0.343. The van der Waals surface area contributed by atoms with Gasteiger partial charge in [-0.25, -0.2) is 0 Å². The fraction of sp³-hybridized carbons (Fsp3) is 0.364. The number of nitrogens with zero attached hydrogens (tertiary/aromatic N) is 2. The first-order valence-corrected chi connectivity index (χ1v) is 9.95. The molecule has 1 aliphatic rings. The van der Waals surface area contributed by atoms with Gasteiger partial charge in [0.25, 0.3) is 0 Å². The van der Waals surface area contributed by atoms with Crippen LogP contribution in [0.1, 0.15) is 30.5 Å². The monoisotopic (exact) mass is 399 g/mol. The van der Waals surface area contributed by atoms with Crippen molar-refractivity contribution in [2.24, 2.45) is 0 Å². The molecule has 0 radical (unpaired) electrons. The van der Waals surface area contributed by atoms with Crippen LogP contribution in [-0.4, -0.2) is 47.8 Å². The SMILES string of the molecule is CC(=O)NC(CC(=O)N1CCN(Cc2ccccc2)CC1)c1ccc(Cl)cc1. The lowest BCUT2D eigenvalue weighted by molar-refractivity contribution is -0.133. The molecule has 1 unspecified atom stereocenters. The first kappa shape index (κ1) is 20.4. The number of carbonyl (C=O) groups is 2. The molecule has 28 heavy (non-hydrogen) atoms. The third-order valence-corrected chi connectivity index (χ3v) is 5.25. The highest BCUT2D eigenvalue weighted by molar-refractivity contribution is 6.30. The molecule has 1 saturated heterocycles. The van der Waals surface area contributed by atoms with Gasteiger partial charge in [0.15, 0.2) is 0 Å². The van der Waals surface area contributed by atoms with Crippen LogP contribution in [0.5, 0.6) is 0 Å². The van der Waals surface area contributed by atoms with Gasteiger partial charge in [-0.15, -0.1) is 0 Å². The third kappa shape index (κ3) is 5.81. The summed E-state index contributed by atoms with van der Waals surface area (Å²) < 4.78 is 0. The zero-order chi connectivity index (χ0) is 19.9. The Bertz CT molecular complexity index is 787. The van der Waals surface area contributed by atoms with Crippen molar-refractivity contribution in [1.29, 1.82) is 0 Å². The summed E-state index contributed by atoms with van der Waals surface area (Å²) >= 11 is 5.95. The molecule has 3 rings (SSSR count). The number of amides is 2. The number of benzene rings is 2. The van der Waals surface area contributed by atoms with Gasteiger partial charge in [0.05, 0.1) is 12.5 Å². The molecule has 0 spiro atoms.